The lowest BCUT2D eigenvalue weighted by Crippen LogP contribution is -2.47. The van der Waals surface area contributed by atoms with Crippen LogP contribution in [0.15, 0.2) is 53.5 Å². The van der Waals surface area contributed by atoms with Gasteiger partial charge in [-0.25, -0.2) is 4.79 Å². The number of hydrogen-bond acceptors (Lipinski definition) is 3. The number of carbonyl (C=O) groups excluding carboxylic acids is 2. The molecule has 4 rings (SSSR count). The van der Waals surface area contributed by atoms with Gasteiger partial charge in [0.15, 0.2) is 0 Å². The predicted octanol–water partition coefficient (Wildman–Crippen LogP) is 4.51. The van der Waals surface area contributed by atoms with Crippen LogP contribution in [0.1, 0.15) is 50.7 Å². The van der Waals surface area contributed by atoms with Crippen LogP contribution in [0.2, 0.25) is 0 Å². The molecule has 0 spiro atoms. The summed E-state index contributed by atoms with van der Waals surface area (Å²) < 4.78 is 1.66. The fraction of sp³-hybridized carbons (Fsp3) is 0.423. The molecule has 3 aliphatic rings. The lowest BCUT2D eigenvalue weighted by Gasteiger charge is -2.29. The summed E-state index contributed by atoms with van der Waals surface area (Å²) >= 11 is 1.56. The van der Waals surface area contributed by atoms with E-state index in [-0.39, 0.29) is 29.7 Å². The minimum Gasteiger partial charge on any atom is -0.348 e. The number of rotatable bonds is 5. The van der Waals surface area contributed by atoms with Crippen LogP contribution in [0, 0.1) is 5.92 Å². The largest absolute Gasteiger partial charge is 0.426 e. The van der Waals surface area contributed by atoms with Crippen LogP contribution in [0.5, 0.6) is 0 Å². The summed E-state index contributed by atoms with van der Waals surface area (Å²) in [6.07, 6.45) is 15.5. The Balaban J connectivity index is 1.56. The molecule has 1 aromatic rings. The number of benzene rings is 1. The Morgan fingerprint density at radius 3 is 2.71 bits per heavy atom. The van der Waals surface area contributed by atoms with Crippen LogP contribution < -0.4 is 5.32 Å². The summed E-state index contributed by atoms with van der Waals surface area (Å²) in [5.74, 6) is 0.326. The van der Waals surface area contributed by atoms with Crippen LogP contribution in [-0.2, 0) is 16.0 Å². The van der Waals surface area contributed by atoms with E-state index in [0.717, 1.165) is 37.0 Å². The lowest BCUT2D eigenvalue weighted by atomic mass is 9.86. The monoisotopic (exact) mass is 435 g/mol. The molecular formula is C26H31N2O2S+. The summed E-state index contributed by atoms with van der Waals surface area (Å²) in [4.78, 5) is 26.9. The van der Waals surface area contributed by atoms with Crippen LogP contribution in [0.25, 0.3) is 6.08 Å². The summed E-state index contributed by atoms with van der Waals surface area (Å²) in [6, 6.07) is 8.52. The molecule has 5 heteroatoms. The van der Waals surface area contributed by atoms with Crippen molar-refractivity contribution in [1.82, 2.24) is 5.32 Å². The van der Waals surface area contributed by atoms with Gasteiger partial charge in [0.2, 0.25) is 12.3 Å². The van der Waals surface area contributed by atoms with E-state index in [2.05, 4.69) is 49.5 Å². The van der Waals surface area contributed by atoms with Crippen molar-refractivity contribution < 1.29 is 14.2 Å². The number of fused-ring (bicyclic) bond motifs is 1. The molecule has 1 aromatic carbocycles. The highest BCUT2D eigenvalue weighted by Crippen LogP contribution is 2.33. The zero-order valence-electron chi connectivity index (χ0n) is 18.3. The van der Waals surface area contributed by atoms with Gasteiger partial charge < -0.3 is 5.32 Å². The van der Waals surface area contributed by atoms with E-state index in [0.29, 0.717) is 10.8 Å². The zero-order chi connectivity index (χ0) is 21.8. The highest BCUT2D eigenvalue weighted by Gasteiger charge is 2.40. The molecule has 0 radical (unpaired) electrons. The van der Waals surface area contributed by atoms with Crippen molar-refractivity contribution >= 4 is 35.4 Å². The first kappa shape index (κ1) is 21.8. The van der Waals surface area contributed by atoms with Gasteiger partial charge in [-0.1, -0.05) is 80.9 Å². The van der Waals surface area contributed by atoms with Crippen molar-refractivity contribution in [3.05, 3.63) is 64.6 Å². The van der Waals surface area contributed by atoms with Crippen LogP contribution in [-0.4, -0.2) is 39.9 Å². The number of nitrogens with one attached hydrogen (secondary N) is 1. The van der Waals surface area contributed by atoms with E-state index in [1.165, 1.54) is 12.0 Å². The second-order valence-corrected chi connectivity index (χ2v) is 9.82. The van der Waals surface area contributed by atoms with Gasteiger partial charge in [-0.3, -0.25) is 4.79 Å². The minimum absolute atomic E-state index is 0.0465. The molecule has 1 N–H and O–H groups in total. The second kappa shape index (κ2) is 9.82. The lowest BCUT2D eigenvalue weighted by molar-refractivity contribution is -0.434. The Hall–Kier alpha value is -2.40. The Labute approximate surface area is 189 Å². The number of allylic oxidation sites excluding steroid dienone is 3. The Morgan fingerprint density at radius 2 is 1.97 bits per heavy atom. The molecule has 1 heterocycles. The standard InChI is InChI=1S/C26H30N2O2S/c1-3-19-12-14-20(15-13-19)16-24-26(30)28(22-10-6-7-11-23(22)31-24)17-25(29)27-21-9-5-4-8-18(21)2/h6-7,10-16,18,21,23H,3-5,8-9,17H2,1-2H3/p+1/b24-16+. The Bertz CT molecular complexity index is 972. The molecule has 3 atom stereocenters. The quantitative estimate of drug-likeness (QED) is 0.547. The maximum Gasteiger partial charge on any atom is 0.426 e. The molecule has 1 fully saturated rings. The van der Waals surface area contributed by atoms with E-state index in [1.807, 2.05) is 24.3 Å². The average molecular weight is 436 g/mol. The van der Waals surface area contributed by atoms with Crippen molar-refractivity contribution in [2.75, 3.05) is 6.54 Å². The van der Waals surface area contributed by atoms with Gasteiger partial charge in [0.25, 0.3) is 5.91 Å². The molecular weight excluding hydrogens is 404 g/mol. The number of hydrogen-bond donors (Lipinski definition) is 1. The molecule has 4 nitrogen and oxygen atoms in total. The topological polar surface area (TPSA) is 49.2 Å². The first-order valence-electron chi connectivity index (χ1n) is 11.4. The van der Waals surface area contributed by atoms with E-state index in [9.17, 15) is 9.59 Å². The van der Waals surface area contributed by atoms with Crippen LogP contribution in [0.3, 0.4) is 0 Å². The van der Waals surface area contributed by atoms with Gasteiger partial charge in [-0.2, -0.15) is 0 Å². The first-order valence-corrected chi connectivity index (χ1v) is 12.2. The normalized spacial score (nSPS) is 26.8. The number of nitrogens with zero attached hydrogens (tertiary/aromatic N) is 1. The molecule has 0 saturated heterocycles. The highest BCUT2D eigenvalue weighted by molar-refractivity contribution is 8.05. The molecule has 3 unspecified atom stereocenters. The summed E-state index contributed by atoms with van der Waals surface area (Å²) in [5, 5.41) is 3.24. The number of thioether (sulfide) groups is 1. The van der Waals surface area contributed by atoms with Gasteiger partial charge in [0, 0.05) is 12.1 Å². The average Bonchev–Trinajstić information content (AvgIpc) is 2.78. The van der Waals surface area contributed by atoms with Crippen molar-refractivity contribution in [2.45, 2.75) is 57.2 Å². The minimum atomic E-state index is -0.0948. The van der Waals surface area contributed by atoms with E-state index in [1.54, 1.807) is 16.3 Å². The molecule has 0 aromatic heterocycles. The SMILES string of the molecule is CCc1ccc(/C=C2/SC3C=CC=CC3=[N+](CC(=O)NC3CCCCC3C)C2=O)cc1. The number of amides is 2. The fourth-order valence-electron chi connectivity index (χ4n) is 4.48. The fourth-order valence-corrected chi connectivity index (χ4v) is 5.66. The van der Waals surface area contributed by atoms with Crippen molar-refractivity contribution in [1.29, 1.82) is 0 Å². The van der Waals surface area contributed by atoms with E-state index >= 15 is 0 Å². The Kier molecular flexibility index (Phi) is 6.91. The van der Waals surface area contributed by atoms with E-state index < -0.39 is 0 Å². The smallest absolute Gasteiger partial charge is 0.348 e. The van der Waals surface area contributed by atoms with Gasteiger partial charge >= 0.3 is 5.91 Å². The molecule has 1 aliphatic heterocycles. The maximum absolute atomic E-state index is 13.4. The van der Waals surface area contributed by atoms with Crippen molar-refractivity contribution in [2.24, 2.45) is 5.92 Å². The summed E-state index contributed by atoms with van der Waals surface area (Å²) in [6.45, 7) is 4.40. The third kappa shape index (κ3) is 5.09. The van der Waals surface area contributed by atoms with Gasteiger partial charge in [0.1, 0.15) is 10.2 Å². The van der Waals surface area contributed by atoms with E-state index in [4.69, 9.17) is 0 Å². The van der Waals surface area contributed by atoms with Crippen molar-refractivity contribution in [3.63, 3.8) is 0 Å². The second-order valence-electron chi connectivity index (χ2n) is 8.64. The predicted molar refractivity (Wildman–Crippen MR) is 128 cm³/mol. The molecule has 162 valence electrons. The summed E-state index contributed by atoms with van der Waals surface area (Å²) in [5.41, 5.74) is 3.17. The van der Waals surface area contributed by atoms with Gasteiger partial charge in [-0.05, 0) is 42.4 Å². The van der Waals surface area contributed by atoms with Crippen LogP contribution in [0.4, 0.5) is 0 Å². The third-order valence-corrected chi connectivity index (χ3v) is 7.62. The first-order chi connectivity index (χ1) is 15.0. The highest BCUT2D eigenvalue weighted by atomic mass is 32.2. The number of carbonyl (C=O) groups is 2. The van der Waals surface area contributed by atoms with Crippen LogP contribution >= 0.6 is 11.8 Å². The molecule has 31 heavy (non-hydrogen) atoms. The molecule has 1 saturated carbocycles. The number of aryl methyl sites for hydroxylation is 1. The zero-order valence-corrected chi connectivity index (χ0v) is 19.2. The van der Waals surface area contributed by atoms with Gasteiger partial charge in [0.05, 0.1) is 0 Å². The van der Waals surface area contributed by atoms with Gasteiger partial charge in [-0.15, -0.1) is 4.58 Å². The van der Waals surface area contributed by atoms with Crippen molar-refractivity contribution in [3.8, 4) is 0 Å². The summed E-state index contributed by atoms with van der Waals surface area (Å²) in [7, 11) is 0. The third-order valence-electron chi connectivity index (χ3n) is 6.42. The molecule has 2 amide bonds. The molecule has 2 aliphatic carbocycles. The Morgan fingerprint density at radius 1 is 1.19 bits per heavy atom. The maximum atomic E-state index is 13.4. The molecule has 0 bridgehead atoms.